The van der Waals surface area contributed by atoms with Gasteiger partial charge in [0.15, 0.2) is 0 Å². The van der Waals surface area contributed by atoms with Crippen LogP contribution in [0.5, 0.6) is 0 Å². The molecule has 2 aliphatic heterocycles. The Morgan fingerprint density at radius 1 is 1.11 bits per heavy atom. The van der Waals surface area contributed by atoms with Crippen molar-refractivity contribution in [2.75, 3.05) is 22.9 Å². The molecule has 0 aliphatic carbocycles. The number of halogens is 1. The number of urea groups is 1. The number of carbonyl (C=O) groups excluding carboxylic acids is 3. The normalized spacial score (nSPS) is 17.9. The van der Waals surface area contributed by atoms with Gasteiger partial charge in [0, 0.05) is 18.8 Å². The molecule has 2 aromatic carbocycles. The third-order valence-electron chi connectivity index (χ3n) is 4.97. The van der Waals surface area contributed by atoms with Crippen LogP contribution in [0.1, 0.15) is 18.1 Å². The number of barbiturate groups is 1. The molecule has 6 nitrogen and oxygen atoms in total. The third-order valence-corrected chi connectivity index (χ3v) is 4.97. The summed E-state index contributed by atoms with van der Waals surface area (Å²) in [6.07, 6.45) is 2.38. The lowest BCUT2D eigenvalue weighted by Crippen LogP contribution is -2.54. The molecule has 0 spiro atoms. The minimum atomic E-state index is -0.855. The molecule has 4 rings (SSSR count). The van der Waals surface area contributed by atoms with Gasteiger partial charge in [-0.05, 0) is 66.9 Å². The van der Waals surface area contributed by atoms with E-state index in [1.807, 2.05) is 18.2 Å². The Morgan fingerprint density at radius 2 is 1.86 bits per heavy atom. The standard InChI is InChI=1S/C21H18FN3O3/c1-2-24-10-9-14-11-13(3-8-18(14)24)12-17-19(26)23-21(28)25(20(17)27)16-6-4-15(22)5-7-16/h3-8,11-12H,2,9-10H2,1H3,(H,23,26,28). The van der Waals surface area contributed by atoms with Crippen LogP contribution in [0.3, 0.4) is 0 Å². The second kappa shape index (κ2) is 6.92. The van der Waals surface area contributed by atoms with Crippen LogP contribution < -0.4 is 15.1 Å². The lowest BCUT2D eigenvalue weighted by atomic mass is 10.0. The summed E-state index contributed by atoms with van der Waals surface area (Å²) in [7, 11) is 0. The summed E-state index contributed by atoms with van der Waals surface area (Å²) >= 11 is 0. The zero-order chi connectivity index (χ0) is 19.8. The minimum absolute atomic E-state index is 0.144. The van der Waals surface area contributed by atoms with Crippen molar-refractivity contribution < 1.29 is 18.8 Å². The highest BCUT2D eigenvalue weighted by molar-refractivity contribution is 6.39. The Hall–Kier alpha value is -3.48. The molecule has 2 aliphatic rings. The number of benzene rings is 2. The van der Waals surface area contributed by atoms with E-state index < -0.39 is 23.7 Å². The average Bonchev–Trinajstić information content (AvgIpc) is 3.09. The van der Waals surface area contributed by atoms with Crippen LogP contribution >= 0.6 is 0 Å². The van der Waals surface area contributed by atoms with Crippen LogP contribution in [0.4, 0.5) is 20.6 Å². The maximum atomic E-state index is 13.2. The third kappa shape index (κ3) is 3.05. The SMILES string of the molecule is CCN1CCc2cc(C=C3C(=O)NC(=O)N(c4ccc(F)cc4)C3=O)ccc21. The van der Waals surface area contributed by atoms with E-state index in [-0.39, 0.29) is 11.3 Å². The Bertz CT molecular complexity index is 1010. The van der Waals surface area contributed by atoms with Crippen molar-refractivity contribution in [3.63, 3.8) is 0 Å². The maximum absolute atomic E-state index is 13.2. The summed E-state index contributed by atoms with van der Waals surface area (Å²) in [4.78, 5) is 40.4. The number of rotatable bonds is 3. The van der Waals surface area contributed by atoms with Crippen LogP contribution in [0.25, 0.3) is 6.08 Å². The van der Waals surface area contributed by atoms with Crippen molar-refractivity contribution in [1.82, 2.24) is 5.32 Å². The van der Waals surface area contributed by atoms with E-state index in [1.165, 1.54) is 18.2 Å². The number of carbonyl (C=O) groups is 3. The van der Waals surface area contributed by atoms with E-state index >= 15 is 0 Å². The van der Waals surface area contributed by atoms with E-state index in [2.05, 4.69) is 17.1 Å². The second-order valence-electron chi connectivity index (χ2n) is 6.65. The van der Waals surface area contributed by atoms with E-state index in [0.717, 1.165) is 47.8 Å². The number of hydrogen-bond acceptors (Lipinski definition) is 4. The van der Waals surface area contributed by atoms with Crippen molar-refractivity contribution in [3.8, 4) is 0 Å². The van der Waals surface area contributed by atoms with Crippen LogP contribution in [0, 0.1) is 5.82 Å². The van der Waals surface area contributed by atoms with Gasteiger partial charge in [0.05, 0.1) is 5.69 Å². The molecule has 0 radical (unpaired) electrons. The fraction of sp³-hybridized carbons (Fsp3) is 0.190. The van der Waals surface area contributed by atoms with Gasteiger partial charge < -0.3 is 4.90 Å². The lowest BCUT2D eigenvalue weighted by molar-refractivity contribution is -0.122. The van der Waals surface area contributed by atoms with Crippen LogP contribution in [0.2, 0.25) is 0 Å². The molecule has 2 heterocycles. The van der Waals surface area contributed by atoms with Gasteiger partial charge in [0.25, 0.3) is 11.8 Å². The Balaban J connectivity index is 1.68. The molecule has 0 unspecified atom stereocenters. The molecule has 0 atom stereocenters. The molecule has 142 valence electrons. The fourth-order valence-electron chi connectivity index (χ4n) is 3.56. The van der Waals surface area contributed by atoms with Gasteiger partial charge in [-0.2, -0.15) is 0 Å². The molecule has 4 amide bonds. The first-order valence-electron chi connectivity index (χ1n) is 9.03. The summed E-state index contributed by atoms with van der Waals surface area (Å²) in [5.74, 6) is -1.97. The Labute approximate surface area is 161 Å². The molecule has 0 saturated carbocycles. The molecule has 7 heteroatoms. The summed E-state index contributed by atoms with van der Waals surface area (Å²) in [5, 5.41) is 2.17. The van der Waals surface area contributed by atoms with Gasteiger partial charge in [-0.25, -0.2) is 14.1 Å². The highest BCUT2D eigenvalue weighted by Gasteiger charge is 2.36. The fourth-order valence-corrected chi connectivity index (χ4v) is 3.56. The van der Waals surface area contributed by atoms with Crippen molar-refractivity contribution in [3.05, 3.63) is 65.0 Å². The van der Waals surface area contributed by atoms with Gasteiger partial charge in [-0.3, -0.25) is 14.9 Å². The molecule has 0 aromatic heterocycles. The molecular weight excluding hydrogens is 361 g/mol. The first-order valence-corrected chi connectivity index (χ1v) is 9.03. The number of nitrogens with one attached hydrogen (secondary N) is 1. The number of imide groups is 2. The number of anilines is 2. The van der Waals surface area contributed by atoms with Gasteiger partial charge >= 0.3 is 6.03 Å². The zero-order valence-corrected chi connectivity index (χ0v) is 15.2. The lowest BCUT2D eigenvalue weighted by Gasteiger charge is -2.26. The minimum Gasteiger partial charge on any atom is -0.371 e. The molecule has 1 saturated heterocycles. The summed E-state index contributed by atoms with van der Waals surface area (Å²) in [6, 6.07) is 9.85. The van der Waals surface area contributed by atoms with Crippen LogP contribution in [-0.2, 0) is 16.0 Å². The quantitative estimate of drug-likeness (QED) is 0.658. The largest absolute Gasteiger partial charge is 0.371 e. The van der Waals surface area contributed by atoms with Crippen molar-refractivity contribution >= 4 is 35.3 Å². The van der Waals surface area contributed by atoms with E-state index in [0.29, 0.717) is 5.56 Å². The van der Waals surface area contributed by atoms with Crippen molar-refractivity contribution in [1.29, 1.82) is 0 Å². The van der Waals surface area contributed by atoms with E-state index in [1.54, 1.807) is 0 Å². The summed E-state index contributed by atoms with van der Waals surface area (Å²) < 4.78 is 13.2. The molecule has 2 aromatic rings. The average molecular weight is 379 g/mol. The van der Waals surface area contributed by atoms with Gasteiger partial charge in [0.2, 0.25) is 0 Å². The highest BCUT2D eigenvalue weighted by Crippen LogP contribution is 2.30. The molecule has 0 bridgehead atoms. The number of amides is 4. The van der Waals surface area contributed by atoms with Crippen LogP contribution in [-0.4, -0.2) is 30.9 Å². The van der Waals surface area contributed by atoms with Gasteiger partial charge in [0.1, 0.15) is 11.4 Å². The summed E-state index contributed by atoms with van der Waals surface area (Å²) in [6.45, 7) is 3.96. The zero-order valence-electron chi connectivity index (χ0n) is 15.2. The molecule has 28 heavy (non-hydrogen) atoms. The topological polar surface area (TPSA) is 69.7 Å². The van der Waals surface area contributed by atoms with Gasteiger partial charge in [-0.1, -0.05) is 6.07 Å². The summed E-state index contributed by atoms with van der Waals surface area (Å²) in [5.41, 5.74) is 3.08. The predicted molar refractivity (Wildman–Crippen MR) is 103 cm³/mol. The first kappa shape index (κ1) is 17.9. The second-order valence-corrected chi connectivity index (χ2v) is 6.65. The van der Waals surface area contributed by atoms with E-state index in [4.69, 9.17) is 0 Å². The number of likely N-dealkylation sites (N-methyl/N-ethyl adjacent to an activating group) is 1. The Morgan fingerprint density at radius 3 is 2.57 bits per heavy atom. The molecule has 1 fully saturated rings. The first-order chi connectivity index (χ1) is 13.5. The van der Waals surface area contributed by atoms with Crippen molar-refractivity contribution in [2.45, 2.75) is 13.3 Å². The number of fused-ring (bicyclic) bond motifs is 1. The van der Waals surface area contributed by atoms with Crippen molar-refractivity contribution in [2.24, 2.45) is 0 Å². The smallest absolute Gasteiger partial charge is 0.335 e. The number of nitrogens with zero attached hydrogens (tertiary/aromatic N) is 2. The number of hydrogen-bond donors (Lipinski definition) is 1. The molecular formula is C21H18FN3O3. The van der Waals surface area contributed by atoms with Crippen LogP contribution in [0.15, 0.2) is 48.0 Å². The Kier molecular flexibility index (Phi) is 4.43. The highest BCUT2D eigenvalue weighted by atomic mass is 19.1. The molecule has 1 N–H and O–H groups in total. The van der Waals surface area contributed by atoms with E-state index in [9.17, 15) is 18.8 Å². The maximum Gasteiger partial charge on any atom is 0.335 e. The van der Waals surface area contributed by atoms with Gasteiger partial charge in [-0.15, -0.1) is 0 Å². The predicted octanol–water partition coefficient (Wildman–Crippen LogP) is 2.87. The monoisotopic (exact) mass is 379 g/mol.